The van der Waals surface area contributed by atoms with Crippen molar-refractivity contribution in [3.63, 3.8) is 0 Å². The van der Waals surface area contributed by atoms with Gasteiger partial charge in [0.25, 0.3) is 0 Å². The topological polar surface area (TPSA) is 237 Å². The van der Waals surface area contributed by atoms with Gasteiger partial charge in [-0.05, 0) is 128 Å². The van der Waals surface area contributed by atoms with E-state index in [0.29, 0.717) is 25.7 Å². The van der Waals surface area contributed by atoms with E-state index in [9.17, 15) is 43.2 Å². The first-order chi connectivity index (χ1) is 50.7. The number of phosphoric ester groups is 2. The van der Waals surface area contributed by atoms with E-state index in [0.717, 1.165) is 173 Å². The molecule has 0 amide bonds. The molecule has 0 aromatic rings. The Hall–Kier alpha value is -4.02. The molecule has 0 aromatic heterocycles. The van der Waals surface area contributed by atoms with Crippen LogP contribution in [0, 0.1) is 0 Å². The Morgan fingerprint density at radius 1 is 0.279 bits per heavy atom. The standard InChI is InChI=1S/C85H150O17P2/c1-5-9-13-17-21-25-29-33-36-38-39-41-44-47-50-54-58-62-66-70-83(88)95-75-80(101-84(89)71-67-63-59-55-51-45-32-28-24-20-16-12-8-4)77-99-103(91,92)97-73-79(86)74-98-104(93,94)100-78-81(102-85(90)72-68-64-60-56-52-48-42-35-31-27-23-19-15-11-7-3)76-96-82(87)69-65-61-57-53-49-46-43-40-37-34-30-26-22-18-14-10-6-2/h10,14,21-22,25-26,28,32-34,36-37,39,41,43,46,79-81,86H,5-9,11-13,15-20,23-24,27,29-31,35,38,40,42,44-45,47-78H2,1-4H3,(H,91,92)(H,93,94)/b14-10-,25-21-,26-22-,32-28-,36-33-,37-34-,41-39-,46-43-. The van der Waals surface area contributed by atoms with Crippen LogP contribution in [0.5, 0.6) is 0 Å². The Morgan fingerprint density at radius 3 is 0.808 bits per heavy atom. The van der Waals surface area contributed by atoms with E-state index in [-0.39, 0.29) is 25.7 Å². The second kappa shape index (κ2) is 77.1. The lowest BCUT2D eigenvalue weighted by atomic mass is 10.0. The largest absolute Gasteiger partial charge is 0.472 e. The fraction of sp³-hybridized carbons (Fsp3) is 0.765. The Labute approximate surface area is 633 Å². The van der Waals surface area contributed by atoms with E-state index in [1.165, 1.54) is 109 Å². The number of ether oxygens (including phenoxy) is 4. The quantitative estimate of drug-likeness (QED) is 0.0169. The molecule has 0 heterocycles. The van der Waals surface area contributed by atoms with Crippen LogP contribution in [0.4, 0.5) is 0 Å². The van der Waals surface area contributed by atoms with Gasteiger partial charge in [-0.2, -0.15) is 0 Å². The number of unbranched alkanes of at least 4 members (excludes halogenated alkanes) is 36. The van der Waals surface area contributed by atoms with Gasteiger partial charge in [0, 0.05) is 25.7 Å². The van der Waals surface area contributed by atoms with Crippen LogP contribution in [0.3, 0.4) is 0 Å². The highest BCUT2D eigenvalue weighted by Gasteiger charge is 2.30. The molecule has 0 saturated carbocycles. The van der Waals surface area contributed by atoms with E-state index in [1.807, 2.05) is 0 Å². The van der Waals surface area contributed by atoms with Crippen molar-refractivity contribution in [3.8, 4) is 0 Å². The van der Waals surface area contributed by atoms with Gasteiger partial charge in [-0.1, -0.05) is 305 Å². The second-order valence-electron chi connectivity index (χ2n) is 27.7. The summed E-state index contributed by atoms with van der Waals surface area (Å²) in [7, 11) is -9.96. The molecule has 602 valence electrons. The number of rotatable bonds is 78. The highest BCUT2D eigenvalue weighted by Crippen LogP contribution is 2.45. The van der Waals surface area contributed by atoms with Crippen LogP contribution in [-0.2, 0) is 65.4 Å². The number of carbonyl (C=O) groups excluding carboxylic acids is 4. The highest BCUT2D eigenvalue weighted by molar-refractivity contribution is 7.47. The summed E-state index contributed by atoms with van der Waals surface area (Å²) in [6.45, 7) is 4.73. The van der Waals surface area contributed by atoms with Gasteiger partial charge in [0.15, 0.2) is 12.2 Å². The van der Waals surface area contributed by atoms with Gasteiger partial charge in [0.1, 0.15) is 19.3 Å². The minimum Gasteiger partial charge on any atom is -0.462 e. The summed E-state index contributed by atoms with van der Waals surface area (Å²) in [6.07, 6.45) is 82.3. The molecule has 104 heavy (non-hydrogen) atoms. The zero-order valence-corrected chi connectivity index (χ0v) is 67.7. The van der Waals surface area contributed by atoms with E-state index in [4.69, 9.17) is 37.0 Å². The van der Waals surface area contributed by atoms with Gasteiger partial charge >= 0.3 is 39.5 Å². The number of aliphatic hydroxyl groups excluding tert-OH is 1. The normalized spacial score (nSPS) is 14.3. The predicted octanol–water partition coefficient (Wildman–Crippen LogP) is 24.3. The van der Waals surface area contributed by atoms with E-state index in [2.05, 4.69) is 125 Å². The van der Waals surface area contributed by atoms with Crippen molar-refractivity contribution >= 4 is 39.5 Å². The summed E-state index contributed by atoms with van der Waals surface area (Å²) in [5.41, 5.74) is 0. The Balaban J connectivity index is 5.36. The third-order valence-electron chi connectivity index (χ3n) is 17.5. The fourth-order valence-corrected chi connectivity index (χ4v) is 12.8. The van der Waals surface area contributed by atoms with Crippen LogP contribution >= 0.6 is 15.6 Å². The van der Waals surface area contributed by atoms with Gasteiger partial charge in [0.2, 0.25) is 0 Å². The maximum atomic E-state index is 13.1. The predicted molar refractivity (Wildman–Crippen MR) is 427 cm³/mol. The van der Waals surface area contributed by atoms with Crippen LogP contribution in [0.25, 0.3) is 0 Å². The minimum absolute atomic E-state index is 0.0825. The number of hydrogen-bond acceptors (Lipinski definition) is 15. The first kappa shape index (κ1) is 100.0. The van der Waals surface area contributed by atoms with Crippen molar-refractivity contribution in [2.45, 2.75) is 380 Å². The first-order valence-corrected chi connectivity index (χ1v) is 44.5. The summed E-state index contributed by atoms with van der Waals surface area (Å²) in [5.74, 6) is -2.20. The molecule has 0 aliphatic heterocycles. The first-order valence-electron chi connectivity index (χ1n) is 41.5. The zero-order chi connectivity index (χ0) is 76.0. The average molecular weight is 1510 g/mol. The summed E-state index contributed by atoms with van der Waals surface area (Å²) in [5, 5.41) is 10.7. The summed E-state index contributed by atoms with van der Waals surface area (Å²) >= 11 is 0. The van der Waals surface area contributed by atoms with E-state index < -0.39 is 97.5 Å². The maximum Gasteiger partial charge on any atom is 0.472 e. The molecule has 0 fully saturated rings. The zero-order valence-electron chi connectivity index (χ0n) is 65.9. The lowest BCUT2D eigenvalue weighted by Crippen LogP contribution is -2.30. The summed E-state index contributed by atoms with van der Waals surface area (Å²) in [6, 6.07) is 0. The number of hydrogen-bond donors (Lipinski definition) is 3. The Kier molecular flexibility index (Phi) is 74.2. The monoisotopic (exact) mass is 1510 g/mol. The number of allylic oxidation sites excluding steroid dienone is 16. The number of phosphoric acid groups is 2. The van der Waals surface area contributed by atoms with Crippen molar-refractivity contribution < 1.29 is 80.2 Å². The Bertz CT molecular complexity index is 2350. The number of esters is 4. The van der Waals surface area contributed by atoms with E-state index >= 15 is 0 Å². The molecule has 0 aromatic carbocycles. The third-order valence-corrected chi connectivity index (χ3v) is 19.4. The van der Waals surface area contributed by atoms with Gasteiger partial charge in [-0.15, -0.1) is 0 Å². The molecule has 0 spiro atoms. The van der Waals surface area contributed by atoms with Crippen molar-refractivity contribution in [1.82, 2.24) is 0 Å². The molecule has 3 N–H and O–H groups in total. The van der Waals surface area contributed by atoms with Crippen molar-refractivity contribution in [3.05, 3.63) is 97.2 Å². The molecule has 0 aliphatic carbocycles. The molecular weight excluding hydrogens is 1350 g/mol. The van der Waals surface area contributed by atoms with Crippen LogP contribution in [0.2, 0.25) is 0 Å². The Morgan fingerprint density at radius 2 is 0.500 bits per heavy atom. The van der Waals surface area contributed by atoms with Gasteiger partial charge in [-0.3, -0.25) is 37.3 Å². The molecular formula is C85H150O17P2. The number of aliphatic hydroxyl groups is 1. The lowest BCUT2D eigenvalue weighted by molar-refractivity contribution is -0.161. The van der Waals surface area contributed by atoms with Gasteiger partial charge in [-0.25, -0.2) is 9.13 Å². The minimum atomic E-state index is -4.98. The van der Waals surface area contributed by atoms with Crippen molar-refractivity contribution in [1.29, 1.82) is 0 Å². The smallest absolute Gasteiger partial charge is 0.462 e. The van der Waals surface area contributed by atoms with Crippen molar-refractivity contribution in [2.75, 3.05) is 39.6 Å². The second-order valence-corrected chi connectivity index (χ2v) is 30.6. The molecule has 5 atom stereocenters. The van der Waals surface area contributed by atoms with Crippen LogP contribution < -0.4 is 0 Å². The molecule has 0 radical (unpaired) electrons. The molecule has 0 saturated heterocycles. The molecule has 19 heteroatoms. The third kappa shape index (κ3) is 76.2. The van der Waals surface area contributed by atoms with Crippen LogP contribution in [0.1, 0.15) is 362 Å². The van der Waals surface area contributed by atoms with Gasteiger partial charge in [0.05, 0.1) is 26.4 Å². The highest BCUT2D eigenvalue weighted by atomic mass is 31.2. The average Bonchev–Trinajstić information content (AvgIpc) is 0.939. The number of carbonyl (C=O) groups is 4. The lowest BCUT2D eigenvalue weighted by Gasteiger charge is -2.21. The summed E-state index contributed by atoms with van der Waals surface area (Å²) in [4.78, 5) is 73.1. The van der Waals surface area contributed by atoms with Crippen LogP contribution in [0.15, 0.2) is 97.2 Å². The fourth-order valence-electron chi connectivity index (χ4n) is 11.2. The molecule has 0 rings (SSSR count). The molecule has 5 unspecified atom stereocenters. The van der Waals surface area contributed by atoms with Crippen LogP contribution in [-0.4, -0.2) is 96.7 Å². The van der Waals surface area contributed by atoms with Gasteiger partial charge < -0.3 is 33.8 Å². The summed E-state index contributed by atoms with van der Waals surface area (Å²) < 4.78 is 68.7. The molecule has 17 nitrogen and oxygen atoms in total. The maximum absolute atomic E-state index is 13.1. The molecule has 0 aliphatic rings. The SMILES string of the molecule is CC/C=C\C/C=C\C/C=C\C/C=C\CCCCCCC(=O)OCC(COP(=O)(O)OCC(O)COP(=O)(O)OCC(COC(=O)CCCCCCCC/C=C\C/C=C\C/C=C\CCCCC)OC(=O)CCCCCCC/C=C\CCCCCC)OC(=O)CCCCCCCCCCCCCCCCC. The van der Waals surface area contributed by atoms with E-state index in [1.54, 1.807) is 0 Å². The van der Waals surface area contributed by atoms with Crippen molar-refractivity contribution in [2.24, 2.45) is 0 Å². The molecule has 0 bridgehead atoms.